The van der Waals surface area contributed by atoms with Crippen molar-refractivity contribution in [3.63, 3.8) is 0 Å². The van der Waals surface area contributed by atoms with Crippen molar-refractivity contribution >= 4 is 5.91 Å². The number of nitrogens with one attached hydrogen (secondary N) is 1. The van der Waals surface area contributed by atoms with Crippen LogP contribution >= 0.6 is 0 Å². The molecular weight excluding hydrogens is 374 g/mol. The fourth-order valence-corrected chi connectivity index (χ4v) is 4.80. The zero-order chi connectivity index (χ0) is 21.0. The number of amides is 1. The van der Waals surface area contributed by atoms with Crippen LogP contribution in [0.3, 0.4) is 0 Å². The van der Waals surface area contributed by atoms with Gasteiger partial charge in [-0.25, -0.2) is 4.98 Å². The average molecular weight is 404 g/mol. The number of aromatic nitrogens is 2. The van der Waals surface area contributed by atoms with Crippen LogP contribution in [0.15, 0.2) is 60.8 Å². The smallest absolute Gasteiger partial charge is 0.224 e. The van der Waals surface area contributed by atoms with E-state index in [1.807, 2.05) is 48.7 Å². The molecule has 0 spiro atoms. The number of hydrogen-bond acceptors (Lipinski definition) is 3. The van der Waals surface area contributed by atoms with Crippen LogP contribution in [0.4, 0.5) is 0 Å². The molecule has 3 N–H and O–H groups in total. The van der Waals surface area contributed by atoms with E-state index in [1.165, 1.54) is 5.56 Å². The van der Waals surface area contributed by atoms with E-state index in [0.717, 1.165) is 61.4 Å². The van der Waals surface area contributed by atoms with E-state index >= 15 is 0 Å². The number of hydrogen-bond donors (Lipinski definition) is 2. The molecule has 1 saturated carbocycles. The summed E-state index contributed by atoms with van der Waals surface area (Å²) in [7, 11) is 1.66. The maximum Gasteiger partial charge on any atom is 0.224 e. The molecule has 1 fully saturated rings. The van der Waals surface area contributed by atoms with Gasteiger partial charge in [0.15, 0.2) is 0 Å². The molecule has 156 valence electrons. The van der Waals surface area contributed by atoms with Crippen molar-refractivity contribution in [2.75, 3.05) is 7.11 Å². The maximum atomic E-state index is 12.8. The fourth-order valence-electron chi connectivity index (χ4n) is 4.80. The monoisotopic (exact) mass is 403 g/mol. The highest BCUT2D eigenvalue weighted by Gasteiger charge is 2.46. The molecule has 1 aromatic heterocycles. The minimum atomic E-state index is -0.572. The first-order chi connectivity index (χ1) is 14.6. The van der Waals surface area contributed by atoms with Crippen LogP contribution in [-0.4, -0.2) is 23.0 Å². The third-order valence-electron chi connectivity index (χ3n) is 6.49. The summed E-state index contributed by atoms with van der Waals surface area (Å²) in [5, 5.41) is 0. The number of carbonyl (C=O) groups is 1. The van der Waals surface area contributed by atoms with E-state index in [4.69, 9.17) is 15.5 Å². The molecule has 1 aliphatic rings. The number of H-pyrrole nitrogens is 1. The average Bonchev–Trinajstić information content (AvgIpc) is 3.28. The minimum Gasteiger partial charge on any atom is -0.497 e. The molecule has 0 aliphatic heterocycles. The number of ether oxygens (including phenoxy) is 1. The van der Waals surface area contributed by atoms with E-state index < -0.39 is 5.41 Å². The van der Waals surface area contributed by atoms with Gasteiger partial charge in [-0.15, -0.1) is 0 Å². The summed E-state index contributed by atoms with van der Waals surface area (Å²) in [6.45, 7) is 0. The molecule has 0 radical (unpaired) electrons. The third kappa shape index (κ3) is 3.97. The Morgan fingerprint density at radius 3 is 2.60 bits per heavy atom. The first-order valence-electron chi connectivity index (χ1n) is 10.7. The number of aromatic amines is 1. The first kappa shape index (κ1) is 20.2. The van der Waals surface area contributed by atoms with Gasteiger partial charge in [-0.1, -0.05) is 61.7 Å². The lowest BCUT2D eigenvalue weighted by molar-refractivity contribution is -0.131. The Morgan fingerprint density at radius 1 is 1.13 bits per heavy atom. The van der Waals surface area contributed by atoms with Gasteiger partial charge in [0.2, 0.25) is 5.91 Å². The zero-order valence-corrected chi connectivity index (χ0v) is 17.4. The van der Waals surface area contributed by atoms with Crippen molar-refractivity contribution in [2.45, 2.75) is 44.4 Å². The van der Waals surface area contributed by atoms with Gasteiger partial charge in [0, 0.05) is 11.5 Å². The molecule has 1 aliphatic carbocycles. The van der Waals surface area contributed by atoms with Crippen LogP contribution in [0.5, 0.6) is 5.75 Å². The Morgan fingerprint density at radius 2 is 1.90 bits per heavy atom. The number of rotatable bonds is 7. The van der Waals surface area contributed by atoms with Crippen LogP contribution in [0, 0.1) is 5.41 Å². The van der Waals surface area contributed by atoms with Crippen molar-refractivity contribution in [1.29, 1.82) is 0 Å². The Labute approximate surface area is 177 Å². The van der Waals surface area contributed by atoms with Crippen LogP contribution in [-0.2, 0) is 11.2 Å². The highest BCUT2D eigenvalue weighted by atomic mass is 16.5. The van der Waals surface area contributed by atoms with E-state index in [1.54, 1.807) is 7.11 Å². The molecule has 1 heterocycles. The number of nitrogens with two attached hydrogens (primary N) is 1. The number of imidazole rings is 1. The Kier molecular flexibility index (Phi) is 5.88. The maximum absolute atomic E-state index is 12.8. The standard InChI is InChI=1S/C25H29N3O2/c1-30-20-12-8-11-19(16-20)22-17-27-23(28-22)21(15-18-9-4-2-5-10-18)25(24(26)29)13-6-3-7-14-25/h2,4-5,8-12,16-17,21H,3,6-7,13-15H2,1H3,(H2,26,29)(H,27,28)/t21-/m1/s1. The number of methoxy groups -OCH3 is 1. The predicted octanol–water partition coefficient (Wildman–Crippen LogP) is 4.85. The van der Waals surface area contributed by atoms with Crippen molar-refractivity contribution < 1.29 is 9.53 Å². The van der Waals surface area contributed by atoms with Crippen LogP contribution in [0.25, 0.3) is 11.3 Å². The Balaban J connectivity index is 1.74. The molecule has 1 atom stereocenters. The summed E-state index contributed by atoms with van der Waals surface area (Å²) in [6.07, 6.45) is 7.41. The van der Waals surface area contributed by atoms with Gasteiger partial charge >= 0.3 is 0 Å². The third-order valence-corrected chi connectivity index (χ3v) is 6.49. The second-order valence-electron chi connectivity index (χ2n) is 8.24. The van der Waals surface area contributed by atoms with Crippen LogP contribution in [0.2, 0.25) is 0 Å². The van der Waals surface area contributed by atoms with Crippen molar-refractivity contribution in [3.8, 4) is 17.0 Å². The van der Waals surface area contributed by atoms with Crippen molar-refractivity contribution in [3.05, 3.63) is 72.2 Å². The lowest BCUT2D eigenvalue weighted by Gasteiger charge is -2.40. The molecular formula is C25H29N3O2. The lowest BCUT2D eigenvalue weighted by Crippen LogP contribution is -2.44. The highest BCUT2D eigenvalue weighted by molar-refractivity contribution is 5.82. The lowest BCUT2D eigenvalue weighted by atomic mass is 9.63. The van der Waals surface area contributed by atoms with Gasteiger partial charge in [-0.05, 0) is 37.0 Å². The fraction of sp³-hybridized carbons (Fsp3) is 0.360. The molecule has 2 aromatic carbocycles. The summed E-state index contributed by atoms with van der Waals surface area (Å²) in [5.74, 6) is 1.34. The van der Waals surface area contributed by atoms with E-state index in [0.29, 0.717) is 0 Å². The topological polar surface area (TPSA) is 81.0 Å². The van der Waals surface area contributed by atoms with E-state index in [2.05, 4.69) is 17.1 Å². The molecule has 3 aromatic rings. The Bertz CT molecular complexity index is 990. The van der Waals surface area contributed by atoms with Gasteiger partial charge < -0.3 is 15.5 Å². The quantitative estimate of drug-likeness (QED) is 0.592. The zero-order valence-electron chi connectivity index (χ0n) is 17.4. The number of nitrogens with zero attached hydrogens (tertiary/aromatic N) is 1. The summed E-state index contributed by atoms with van der Waals surface area (Å²) in [6, 6.07) is 18.2. The van der Waals surface area contributed by atoms with E-state index in [9.17, 15) is 4.79 Å². The van der Waals surface area contributed by atoms with Gasteiger partial charge in [-0.3, -0.25) is 4.79 Å². The summed E-state index contributed by atoms with van der Waals surface area (Å²) >= 11 is 0. The van der Waals surface area contributed by atoms with Gasteiger partial charge in [0.1, 0.15) is 11.6 Å². The molecule has 4 rings (SSSR count). The number of carbonyl (C=O) groups excluding carboxylic acids is 1. The molecule has 5 nitrogen and oxygen atoms in total. The SMILES string of the molecule is COc1cccc(-c2cnc([C@@H](Cc3ccccc3)C3(C(N)=O)CCCCC3)[nH]2)c1. The summed E-state index contributed by atoms with van der Waals surface area (Å²) in [5.41, 5.74) is 8.59. The second-order valence-corrected chi connectivity index (χ2v) is 8.24. The van der Waals surface area contributed by atoms with Crippen molar-refractivity contribution in [2.24, 2.45) is 11.1 Å². The summed E-state index contributed by atoms with van der Waals surface area (Å²) < 4.78 is 5.36. The number of benzene rings is 2. The molecule has 0 unspecified atom stereocenters. The largest absolute Gasteiger partial charge is 0.497 e. The molecule has 1 amide bonds. The van der Waals surface area contributed by atoms with Gasteiger partial charge in [0.25, 0.3) is 0 Å². The van der Waals surface area contributed by atoms with E-state index in [-0.39, 0.29) is 11.8 Å². The first-order valence-corrected chi connectivity index (χ1v) is 10.7. The Hall–Kier alpha value is -3.08. The molecule has 5 heteroatoms. The van der Waals surface area contributed by atoms with Crippen LogP contribution < -0.4 is 10.5 Å². The normalized spacial score (nSPS) is 16.7. The molecule has 0 bridgehead atoms. The highest BCUT2D eigenvalue weighted by Crippen LogP contribution is 2.48. The number of primary amides is 1. The van der Waals surface area contributed by atoms with Crippen LogP contribution in [0.1, 0.15) is 49.4 Å². The predicted molar refractivity (Wildman–Crippen MR) is 118 cm³/mol. The second kappa shape index (κ2) is 8.74. The molecule has 0 saturated heterocycles. The van der Waals surface area contributed by atoms with Gasteiger partial charge in [0.05, 0.1) is 24.4 Å². The van der Waals surface area contributed by atoms with Crippen molar-refractivity contribution in [1.82, 2.24) is 9.97 Å². The summed E-state index contributed by atoms with van der Waals surface area (Å²) in [4.78, 5) is 21.1. The minimum absolute atomic E-state index is 0.0861. The molecule has 30 heavy (non-hydrogen) atoms. The van der Waals surface area contributed by atoms with Gasteiger partial charge in [-0.2, -0.15) is 0 Å².